The summed E-state index contributed by atoms with van der Waals surface area (Å²) >= 11 is 0. The summed E-state index contributed by atoms with van der Waals surface area (Å²) in [4.78, 5) is 31.0. The number of nitrogens with zero attached hydrogens (tertiary/aromatic N) is 3. The molecule has 18 heavy (non-hydrogen) atoms. The SMILES string of the molecule is O=C(NN1C([N+](=O)[O-])C1[N+](=O)[O-])c1ccccc1. The Morgan fingerprint density at radius 2 is 1.61 bits per heavy atom. The van der Waals surface area contributed by atoms with E-state index in [4.69, 9.17) is 0 Å². The highest BCUT2D eigenvalue weighted by atomic mass is 16.7. The summed E-state index contributed by atoms with van der Waals surface area (Å²) in [6.45, 7) is 0. The summed E-state index contributed by atoms with van der Waals surface area (Å²) in [6, 6.07) is 7.94. The lowest BCUT2D eigenvalue weighted by molar-refractivity contribution is -0.558. The quantitative estimate of drug-likeness (QED) is 0.452. The molecule has 1 amide bonds. The predicted octanol–water partition coefficient (Wildman–Crippen LogP) is -0.147. The van der Waals surface area contributed by atoms with Crippen molar-refractivity contribution in [3.05, 3.63) is 56.1 Å². The van der Waals surface area contributed by atoms with E-state index in [1.165, 1.54) is 12.1 Å². The van der Waals surface area contributed by atoms with Gasteiger partial charge >= 0.3 is 12.3 Å². The molecule has 1 N–H and O–H groups in total. The molecule has 1 aliphatic rings. The minimum Gasteiger partial charge on any atom is -0.273 e. The van der Waals surface area contributed by atoms with E-state index in [9.17, 15) is 25.0 Å². The average Bonchev–Trinajstić information content (AvgIpc) is 3.04. The molecule has 94 valence electrons. The zero-order valence-corrected chi connectivity index (χ0v) is 8.92. The van der Waals surface area contributed by atoms with E-state index in [2.05, 4.69) is 5.43 Å². The summed E-state index contributed by atoms with van der Waals surface area (Å²) in [5, 5.41) is 21.7. The Labute approximate surface area is 100 Å². The van der Waals surface area contributed by atoms with Crippen molar-refractivity contribution >= 4 is 5.91 Å². The molecule has 1 aromatic rings. The third-order valence-electron chi connectivity index (χ3n) is 2.45. The lowest BCUT2D eigenvalue weighted by Crippen LogP contribution is -2.33. The fourth-order valence-electron chi connectivity index (χ4n) is 1.53. The van der Waals surface area contributed by atoms with Crippen LogP contribution in [0.5, 0.6) is 0 Å². The molecule has 0 aromatic heterocycles. The van der Waals surface area contributed by atoms with Gasteiger partial charge in [0.2, 0.25) is 0 Å². The van der Waals surface area contributed by atoms with Crippen LogP contribution >= 0.6 is 0 Å². The Balaban J connectivity index is 2.05. The van der Waals surface area contributed by atoms with E-state index in [1.54, 1.807) is 18.2 Å². The number of carbonyl (C=O) groups excluding carboxylic acids is 1. The number of nitrogens with one attached hydrogen (secondary N) is 1. The fourth-order valence-corrected chi connectivity index (χ4v) is 1.53. The Kier molecular flexibility index (Phi) is 2.90. The fraction of sp³-hybridized carbons (Fsp3) is 0.222. The van der Waals surface area contributed by atoms with Gasteiger partial charge in [-0.15, -0.1) is 0 Å². The lowest BCUT2D eigenvalue weighted by Gasteiger charge is -2.02. The Bertz CT molecular complexity index is 485. The first-order chi connectivity index (χ1) is 8.52. The molecule has 9 nitrogen and oxygen atoms in total. The number of nitro groups is 2. The van der Waals surface area contributed by atoms with Gasteiger partial charge in [-0.05, 0) is 12.1 Å². The van der Waals surface area contributed by atoms with Gasteiger partial charge in [-0.3, -0.25) is 30.4 Å². The molecular formula is C9H8N4O5. The summed E-state index contributed by atoms with van der Waals surface area (Å²) in [5.74, 6) is -0.619. The smallest absolute Gasteiger partial charge is 0.273 e. The molecular weight excluding hydrogens is 244 g/mol. The zero-order chi connectivity index (χ0) is 13.3. The molecule has 0 saturated carbocycles. The van der Waals surface area contributed by atoms with Crippen molar-refractivity contribution in [2.24, 2.45) is 0 Å². The lowest BCUT2D eigenvalue weighted by atomic mass is 10.2. The highest BCUT2D eigenvalue weighted by molar-refractivity contribution is 5.93. The number of hydrogen-bond donors (Lipinski definition) is 1. The van der Waals surface area contributed by atoms with E-state index >= 15 is 0 Å². The second kappa shape index (κ2) is 4.37. The summed E-state index contributed by atoms with van der Waals surface area (Å²) in [6.07, 6.45) is -3.01. The zero-order valence-electron chi connectivity index (χ0n) is 8.92. The second-order valence-electron chi connectivity index (χ2n) is 3.61. The highest BCUT2D eigenvalue weighted by Gasteiger charge is 2.70. The predicted molar refractivity (Wildman–Crippen MR) is 57.3 cm³/mol. The van der Waals surface area contributed by atoms with Crippen LogP contribution in [0.3, 0.4) is 0 Å². The van der Waals surface area contributed by atoms with Crippen LogP contribution in [0.15, 0.2) is 30.3 Å². The largest absolute Gasteiger partial charge is 0.373 e. The topological polar surface area (TPSA) is 118 Å². The van der Waals surface area contributed by atoms with Crippen molar-refractivity contribution in [2.45, 2.75) is 12.3 Å². The first kappa shape index (κ1) is 11.9. The van der Waals surface area contributed by atoms with Gasteiger partial charge in [-0.25, -0.2) is 0 Å². The van der Waals surface area contributed by atoms with Crippen LogP contribution in [-0.2, 0) is 0 Å². The van der Waals surface area contributed by atoms with Crippen molar-refractivity contribution < 1.29 is 14.6 Å². The van der Waals surface area contributed by atoms with Gasteiger partial charge in [0.15, 0.2) is 0 Å². The number of hydrogen-bond acceptors (Lipinski definition) is 6. The Morgan fingerprint density at radius 1 is 1.11 bits per heavy atom. The van der Waals surface area contributed by atoms with Crippen LogP contribution in [-0.4, -0.2) is 33.1 Å². The standard InChI is InChI=1S/C9H8N4O5/c14-7(6-4-2-1-3-5-6)10-11-8(12(15)16)9(11)13(17)18/h1-5,8-9H,(H,10,14). The minimum absolute atomic E-state index is 0.272. The van der Waals surface area contributed by atoms with Gasteiger partial charge < -0.3 is 0 Å². The van der Waals surface area contributed by atoms with Crippen molar-refractivity contribution in [2.75, 3.05) is 0 Å². The van der Waals surface area contributed by atoms with Crippen molar-refractivity contribution in [3.8, 4) is 0 Å². The van der Waals surface area contributed by atoms with Gasteiger partial charge in [0.1, 0.15) is 0 Å². The van der Waals surface area contributed by atoms with Gasteiger partial charge in [0.05, 0.1) is 9.85 Å². The molecule has 2 atom stereocenters. The molecule has 1 saturated heterocycles. The first-order valence-corrected chi connectivity index (χ1v) is 4.93. The van der Waals surface area contributed by atoms with Gasteiger partial charge in [0.25, 0.3) is 5.91 Å². The van der Waals surface area contributed by atoms with Crippen LogP contribution in [0.1, 0.15) is 10.4 Å². The number of carbonyl (C=O) groups is 1. The van der Waals surface area contributed by atoms with Crippen LogP contribution < -0.4 is 5.43 Å². The molecule has 0 aliphatic carbocycles. The van der Waals surface area contributed by atoms with Crippen LogP contribution in [0.2, 0.25) is 0 Å². The Morgan fingerprint density at radius 3 is 2.06 bits per heavy atom. The van der Waals surface area contributed by atoms with Crippen LogP contribution in [0.25, 0.3) is 0 Å². The maximum atomic E-state index is 11.6. The second-order valence-corrected chi connectivity index (χ2v) is 3.61. The molecule has 2 unspecified atom stereocenters. The number of hydrazine groups is 1. The molecule has 2 rings (SSSR count). The molecule has 1 fully saturated rings. The van der Waals surface area contributed by atoms with E-state index in [-0.39, 0.29) is 5.56 Å². The third kappa shape index (κ3) is 2.11. The summed E-state index contributed by atoms with van der Waals surface area (Å²) in [5.41, 5.74) is 2.42. The van der Waals surface area contributed by atoms with Crippen molar-refractivity contribution in [3.63, 3.8) is 0 Å². The van der Waals surface area contributed by atoms with Gasteiger partial charge in [-0.1, -0.05) is 23.2 Å². The molecule has 1 heterocycles. The Hall–Kier alpha value is -2.55. The van der Waals surface area contributed by atoms with Crippen molar-refractivity contribution in [1.82, 2.24) is 10.4 Å². The van der Waals surface area contributed by atoms with Gasteiger partial charge in [0, 0.05) is 5.56 Å². The summed E-state index contributed by atoms with van der Waals surface area (Å²) < 4.78 is 0. The molecule has 1 aliphatic heterocycles. The molecule has 9 heteroatoms. The average molecular weight is 252 g/mol. The monoisotopic (exact) mass is 252 g/mol. The molecule has 0 radical (unpaired) electrons. The van der Waals surface area contributed by atoms with E-state index in [0.717, 1.165) is 0 Å². The van der Waals surface area contributed by atoms with Crippen molar-refractivity contribution in [1.29, 1.82) is 0 Å². The first-order valence-electron chi connectivity index (χ1n) is 4.93. The maximum Gasteiger partial charge on any atom is 0.373 e. The number of benzene rings is 1. The molecule has 0 spiro atoms. The highest BCUT2D eigenvalue weighted by Crippen LogP contribution is 2.26. The van der Waals surface area contributed by atoms with Crippen LogP contribution in [0.4, 0.5) is 0 Å². The van der Waals surface area contributed by atoms with E-state index < -0.39 is 28.1 Å². The number of amides is 1. The maximum absolute atomic E-state index is 11.6. The van der Waals surface area contributed by atoms with E-state index in [1.807, 2.05) is 0 Å². The molecule has 1 aromatic carbocycles. The number of rotatable bonds is 4. The van der Waals surface area contributed by atoms with Crippen LogP contribution in [0, 0.1) is 20.2 Å². The van der Waals surface area contributed by atoms with Gasteiger partial charge in [-0.2, -0.15) is 0 Å². The summed E-state index contributed by atoms with van der Waals surface area (Å²) in [7, 11) is 0. The van der Waals surface area contributed by atoms with E-state index in [0.29, 0.717) is 5.01 Å². The molecule has 0 bridgehead atoms. The minimum atomic E-state index is -1.51. The normalized spacial score (nSPS) is 25.2. The third-order valence-corrected chi connectivity index (χ3v) is 2.45.